The summed E-state index contributed by atoms with van der Waals surface area (Å²) in [6, 6.07) is 3.85. The van der Waals surface area contributed by atoms with Gasteiger partial charge in [-0.25, -0.2) is 4.98 Å². The number of benzene rings is 1. The van der Waals surface area contributed by atoms with Crippen molar-refractivity contribution in [3.63, 3.8) is 0 Å². The Hall–Kier alpha value is -1.16. The van der Waals surface area contributed by atoms with Gasteiger partial charge >= 0.3 is 0 Å². The van der Waals surface area contributed by atoms with Crippen molar-refractivity contribution in [2.75, 3.05) is 0 Å². The average molecular weight is 253 g/mol. The Balaban J connectivity index is 2.96. The highest BCUT2D eigenvalue weighted by Crippen LogP contribution is 2.19. The van der Waals surface area contributed by atoms with E-state index in [4.69, 9.17) is 0 Å². The number of H-pyrrole nitrogens is 1. The topological polar surface area (TPSA) is 45.8 Å². The van der Waals surface area contributed by atoms with Gasteiger partial charge in [-0.3, -0.25) is 4.79 Å². The largest absolute Gasteiger partial charge is 0.319 e. The third-order valence-electron chi connectivity index (χ3n) is 2.13. The van der Waals surface area contributed by atoms with Gasteiger partial charge in [0.1, 0.15) is 5.69 Å². The molecule has 0 spiro atoms. The molecule has 4 heteroatoms. The number of nitrogens with one attached hydrogen (secondary N) is 1. The molecule has 0 bridgehead atoms. The van der Waals surface area contributed by atoms with Crippen LogP contribution in [-0.4, -0.2) is 9.97 Å². The number of nitrogens with zero attached hydrogens (tertiary/aromatic N) is 1. The van der Waals surface area contributed by atoms with Gasteiger partial charge in [0.05, 0.1) is 11.0 Å². The summed E-state index contributed by atoms with van der Waals surface area (Å²) in [5.41, 5.74) is 3.01. The second-order valence-corrected chi connectivity index (χ2v) is 4.18. The number of aromatic amines is 1. The summed E-state index contributed by atoms with van der Waals surface area (Å²) in [4.78, 5) is 18.4. The van der Waals surface area contributed by atoms with Crippen LogP contribution in [0.5, 0.6) is 0 Å². The lowest BCUT2D eigenvalue weighted by molar-refractivity contribution is 1.11. The van der Waals surface area contributed by atoms with Gasteiger partial charge in [-0.05, 0) is 31.5 Å². The van der Waals surface area contributed by atoms with Crippen LogP contribution < -0.4 is 5.56 Å². The lowest BCUT2D eigenvalue weighted by Gasteiger charge is -2.02. The van der Waals surface area contributed by atoms with Crippen LogP contribution in [0.25, 0.3) is 11.0 Å². The van der Waals surface area contributed by atoms with E-state index in [1.54, 1.807) is 6.92 Å². The molecule has 0 atom stereocenters. The standard InChI is InChI=1S/C10H9BrN2O/c1-5-3-7(11)4-8-9(5)13-10(14)6(2)12-8/h3-4H,1-2H3,(H,13,14). The summed E-state index contributed by atoms with van der Waals surface area (Å²) < 4.78 is 0.974. The highest BCUT2D eigenvalue weighted by molar-refractivity contribution is 9.10. The van der Waals surface area contributed by atoms with E-state index in [0.717, 1.165) is 21.1 Å². The minimum atomic E-state index is -0.122. The fourth-order valence-corrected chi connectivity index (χ4v) is 1.97. The molecule has 2 rings (SSSR count). The highest BCUT2D eigenvalue weighted by Gasteiger charge is 2.03. The molecule has 0 saturated heterocycles. The number of halogens is 1. The van der Waals surface area contributed by atoms with Crippen LogP contribution >= 0.6 is 15.9 Å². The van der Waals surface area contributed by atoms with E-state index in [0.29, 0.717) is 5.69 Å². The Bertz CT molecular complexity index is 560. The first kappa shape index (κ1) is 9.40. The minimum absolute atomic E-state index is 0.122. The number of hydrogen-bond donors (Lipinski definition) is 1. The molecule has 0 unspecified atom stereocenters. The number of aromatic nitrogens is 2. The maximum absolute atomic E-state index is 11.3. The van der Waals surface area contributed by atoms with Crippen molar-refractivity contribution in [1.29, 1.82) is 0 Å². The Labute approximate surface area is 89.3 Å². The Morgan fingerprint density at radius 3 is 2.79 bits per heavy atom. The molecule has 1 aromatic heterocycles. The van der Waals surface area contributed by atoms with E-state index >= 15 is 0 Å². The number of aryl methyl sites for hydroxylation is 2. The van der Waals surface area contributed by atoms with Crippen LogP contribution in [0.2, 0.25) is 0 Å². The molecular formula is C10H9BrN2O. The van der Waals surface area contributed by atoms with Gasteiger partial charge in [0.2, 0.25) is 0 Å². The molecule has 1 N–H and O–H groups in total. The smallest absolute Gasteiger partial charge is 0.269 e. The van der Waals surface area contributed by atoms with Gasteiger partial charge in [-0.15, -0.1) is 0 Å². The third kappa shape index (κ3) is 1.46. The summed E-state index contributed by atoms with van der Waals surface area (Å²) in [6.45, 7) is 3.65. The Morgan fingerprint density at radius 1 is 1.36 bits per heavy atom. The van der Waals surface area contributed by atoms with E-state index in [-0.39, 0.29) is 5.56 Å². The van der Waals surface area contributed by atoms with Crippen molar-refractivity contribution < 1.29 is 0 Å². The molecule has 3 nitrogen and oxygen atoms in total. The van der Waals surface area contributed by atoms with Crippen LogP contribution in [0.4, 0.5) is 0 Å². The van der Waals surface area contributed by atoms with Crippen LogP contribution in [0.1, 0.15) is 11.3 Å². The zero-order valence-corrected chi connectivity index (χ0v) is 9.47. The van der Waals surface area contributed by atoms with E-state index < -0.39 is 0 Å². The molecule has 0 aliphatic carbocycles. The van der Waals surface area contributed by atoms with Crippen molar-refractivity contribution in [3.05, 3.63) is 38.2 Å². The van der Waals surface area contributed by atoms with Gasteiger partial charge in [0.15, 0.2) is 0 Å². The van der Waals surface area contributed by atoms with Crippen molar-refractivity contribution in [1.82, 2.24) is 9.97 Å². The summed E-state index contributed by atoms with van der Waals surface area (Å²) in [5, 5.41) is 0. The van der Waals surface area contributed by atoms with E-state index in [2.05, 4.69) is 25.9 Å². The van der Waals surface area contributed by atoms with Crippen molar-refractivity contribution >= 4 is 27.0 Å². The van der Waals surface area contributed by atoms with Gasteiger partial charge in [-0.1, -0.05) is 15.9 Å². The SMILES string of the molecule is Cc1nc2cc(Br)cc(C)c2[nH]c1=O. The maximum Gasteiger partial charge on any atom is 0.269 e. The van der Waals surface area contributed by atoms with Gasteiger partial charge in [0, 0.05) is 4.47 Å². The number of hydrogen-bond acceptors (Lipinski definition) is 2. The summed E-state index contributed by atoms with van der Waals surface area (Å²) in [6.07, 6.45) is 0. The van der Waals surface area contributed by atoms with Gasteiger partial charge < -0.3 is 4.98 Å². The molecule has 0 amide bonds. The zero-order chi connectivity index (χ0) is 10.3. The molecule has 0 radical (unpaired) electrons. The second kappa shape index (κ2) is 3.20. The quantitative estimate of drug-likeness (QED) is 0.782. The van der Waals surface area contributed by atoms with Crippen LogP contribution in [0.15, 0.2) is 21.4 Å². The molecule has 1 heterocycles. The molecule has 0 saturated carbocycles. The molecule has 0 aliphatic heterocycles. The molecule has 1 aromatic carbocycles. The normalized spacial score (nSPS) is 10.8. The van der Waals surface area contributed by atoms with Crippen molar-refractivity contribution in [3.8, 4) is 0 Å². The molecule has 0 aliphatic rings. The monoisotopic (exact) mass is 252 g/mol. The number of fused-ring (bicyclic) bond motifs is 1. The lowest BCUT2D eigenvalue weighted by Crippen LogP contribution is -2.11. The molecule has 14 heavy (non-hydrogen) atoms. The van der Waals surface area contributed by atoms with Crippen LogP contribution in [-0.2, 0) is 0 Å². The van der Waals surface area contributed by atoms with E-state index in [1.807, 2.05) is 19.1 Å². The third-order valence-corrected chi connectivity index (χ3v) is 2.59. The van der Waals surface area contributed by atoms with Crippen LogP contribution in [0, 0.1) is 13.8 Å². The Kier molecular flexibility index (Phi) is 2.15. The van der Waals surface area contributed by atoms with Crippen molar-refractivity contribution in [2.45, 2.75) is 13.8 Å². The summed E-state index contributed by atoms with van der Waals surface area (Å²) >= 11 is 3.39. The first-order valence-corrected chi connectivity index (χ1v) is 5.04. The molecule has 0 fully saturated rings. The fraction of sp³-hybridized carbons (Fsp3) is 0.200. The van der Waals surface area contributed by atoms with E-state index in [9.17, 15) is 4.79 Å². The van der Waals surface area contributed by atoms with Crippen LogP contribution in [0.3, 0.4) is 0 Å². The first-order valence-electron chi connectivity index (χ1n) is 4.25. The maximum atomic E-state index is 11.3. The molecule has 72 valence electrons. The predicted molar refractivity (Wildman–Crippen MR) is 59.5 cm³/mol. The summed E-state index contributed by atoms with van der Waals surface area (Å²) in [7, 11) is 0. The minimum Gasteiger partial charge on any atom is -0.319 e. The zero-order valence-electron chi connectivity index (χ0n) is 7.89. The van der Waals surface area contributed by atoms with E-state index in [1.165, 1.54) is 0 Å². The van der Waals surface area contributed by atoms with Crippen molar-refractivity contribution in [2.24, 2.45) is 0 Å². The second-order valence-electron chi connectivity index (χ2n) is 3.27. The molecular weight excluding hydrogens is 244 g/mol. The van der Waals surface area contributed by atoms with Gasteiger partial charge in [0.25, 0.3) is 5.56 Å². The molecule has 2 aromatic rings. The lowest BCUT2D eigenvalue weighted by atomic mass is 10.2. The summed E-state index contributed by atoms with van der Waals surface area (Å²) in [5.74, 6) is 0. The number of rotatable bonds is 0. The Morgan fingerprint density at radius 2 is 2.07 bits per heavy atom. The fourth-order valence-electron chi connectivity index (χ4n) is 1.41. The first-order chi connectivity index (χ1) is 6.58. The highest BCUT2D eigenvalue weighted by atomic mass is 79.9. The predicted octanol–water partition coefficient (Wildman–Crippen LogP) is 2.30. The van der Waals surface area contributed by atoms with Gasteiger partial charge in [-0.2, -0.15) is 0 Å². The average Bonchev–Trinajstić information content (AvgIpc) is 2.08.